The molecule has 0 fully saturated rings. The van der Waals surface area contributed by atoms with E-state index in [4.69, 9.17) is 21.4 Å². The molecule has 0 heterocycles. The maximum absolute atomic E-state index is 10.7. The Balaban J connectivity index is 1.93. The van der Waals surface area contributed by atoms with E-state index in [1.807, 2.05) is 55.5 Å². The van der Waals surface area contributed by atoms with Crippen LogP contribution in [0.4, 0.5) is 0 Å². The van der Waals surface area contributed by atoms with Gasteiger partial charge in [-0.2, -0.15) is 0 Å². The summed E-state index contributed by atoms with van der Waals surface area (Å²) in [4.78, 5) is 10.7. The van der Waals surface area contributed by atoms with E-state index < -0.39 is 5.97 Å². The van der Waals surface area contributed by atoms with Crippen molar-refractivity contribution in [3.8, 4) is 5.75 Å². The van der Waals surface area contributed by atoms with Crippen molar-refractivity contribution in [3.05, 3.63) is 64.7 Å². The quantitative estimate of drug-likeness (QED) is 0.855. The molecule has 3 nitrogen and oxygen atoms in total. The minimum atomic E-state index is -0.787. The molecular weight excluding hydrogens is 288 g/mol. The summed E-state index contributed by atoms with van der Waals surface area (Å²) in [6.07, 6.45) is 0.130. The second-order valence-corrected chi connectivity index (χ2v) is 5.42. The Morgan fingerprint density at radius 2 is 1.76 bits per heavy atom. The molecule has 0 aliphatic carbocycles. The van der Waals surface area contributed by atoms with E-state index >= 15 is 0 Å². The Hall–Kier alpha value is -2.00. The first-order valence-corrected chi connectivity index (χ1v) is 7.11. The van der Waals surface area contributed by atoms with Gasteiger partial charge in [-0.1, -0.05) is 42.8 Å². The molecule has 0 aliphatic heterocycles. The standard InChI is InChI=1S/C17H17ClO3/c1-12(10-17(19)20)14-4-8-16(9-5-14)21-11-13-2-6-15(18)7-3-13/h2-9,12H,10-11H2,1H3,(H,19,20)/t12-/m1/s1. The molecule has 0 aliphatic rings. The first-order chi connectivity index (χ1) is 10.0. The largest absolute Gasteiger partial charge is 0.489 e. The summed E-state index contributed by atoms with van der Waals surface area (Å²) >= 11 is 5.83. The summed E-state index contributed by atoms with van der Waals surface area (Å²) in [5.74, 6) is -0.0328. The SMILES string of the molecule is C[C@H](CC(=O)O)c1ccc(OCc2ccc(Cl)cc2)cc1. The van der Waals surface area contributed by atoms with Gasteiger partial charge in [-0.3, -0.25) is 4.79 Å². The Labute approximate surface area is 129 Å². The Morgan fingerprint density at radius 1 is 1.14 bits per heavy atom. The van der Waals surface area contributed by atoms with Crippen molar-refractivity contribution >= 4 is 17.6 Å². The Bertz CT molecular complexity index is 590. The third kappa shape index (κ3) is 4.80. The summed E-state index contributed by atoms with van der Waals surface area (Å²) in [5, 5.41) is 9.50. The highest BCUT2D eigenvalue weighted by Gasteiger charge is 2.10. The molecule has 0 saturated carbocycles. The normalized spacial score (nSPS) is 11.9. The van der Waals surface area contributed by atoms with Gasteiger partial charge in [0.1, 0.15) is 12.4 Å². The molecule has 0 aromatic heterocycles. The number of rotatable bonds is 6. The molecule has 0 bridgehead atoms. The first kappa shape index (κ1) is 15.4. The summed E-state index contributed by atoms with van der Waals surface area (Å²) in [6.45, 7) is 2.37. The van der Waals surface area contributed by atoms with Crippen molar-refractivity contribution in [3.63, 3.8) is 0 Å². The maximum atomic E-state index is 10.7. The van der Waals surface area contributed by atoms with Gasteiger partial charge < -0.3 is 9.84 Å². The molecule has 0 unspecified atom stereocenters. The average molecular weight is 305 g/mol. The van der Waals surface area contributed by atoms with Crippen LogP contribution in [0.15, 0.2) is 48.5 Å². The van der Waals surface area contributed by atoms with Gasteiger partial charge in [-0.15, -0.1) is 0 Å². The molecule has 0 spiro atoms. The average Bonchev–Trinajstić information content (AvgIpc) is 2.46. The molecule has 2 aromatic rings. The number of hydrogen-bond acceptors (Lipinski definition) is 2. The topological polar surface area (TPSA) is 46.5 Å². The first-order valence-electron chi connectivity index (χ1n) is 6.73. The summed E-state index contributed by atoms with van der Waals surface area (Å²) < 4.78 is 5.69. The number of ether oxygens (including phenoxy) is 1. The highest BCUT2D eigenvalue weighted by Crippen LogP contribution is 2.22. The highest BCUT2D eigenvalue weighted by molar-refractivity contribution is 6.30. The van der Waals surface area contributed by atoms with Gasteiger partial charge in [0, 0.05) is 5.02 Å². The highest BCUT2D eigenvalue weighted by atomic mass is 35.5. The monoisotopic (exact) mass is 304 g/mol. The van der Waals surface area contributed by atoms with E-state index in [0.717, 1.165) is 16.9 Å². The minimum absolute atomic E-state index is 0.00665. The molecule has 4 heteroatoms. The predicted molar refractivity (Wildman–Crippen MR) is 82.9 cm³/mol. The van der Waals surface area contributed by atoms with Crippen LogP contribution in [-0.2, 0) is 11.4 Å². The van der Waals surface area contributed by atoms with Crippen molar-refractivity contribution in [2.24, 2.45) is 0 Å². The van der Waals surface area contributed by atoms with Crippen LogP contribution in [0, 0.1) is 0 Å². The molecule has 0 saturated heterocycles. The number of hydrogen-bond donors (Lipinski definition) is 1. The van der Waals surface area contributed by atoms with Crippen molar-refractivity contribution < 1.29 is 14.6 Å². The zero-order valence-corrected chi connectivity index (χ0v) is 12.5. The fourth-order valence-electron chi connectivity index (χ4n) is 2.02. The van der Waals surface area contributed by atoms with Crippen LogP contribution < -0.4 is 4.74 Å². The number of benzene rings is 2. The number of carboxylic acid groups (broad SMARTS) is 1. The number of carboxylic acids is 1. The fraction of sp³-hybridized carbons (Fsp3) is 0.235. The van der Waals surface area contributed by atoms with Gasteiger partial charge in [0.05, 0.1) is 6.42 Å². The summed E-state index contributed by atoms with van der Waals surface area (Å²) in [6, 6.07) is 15.0. The minimum Gasteiger partial charge on any atom is -0.489 e. The van der Waals surface area contributed by atoms with Crippen molar-refractivity contribution in [2.75, 3.05) is 0 Å². The molecule has 0 amide bonds. The van der Waals surface area contributed by atoms with E-state index in [0.29, 0.717) is 11.6 Å². The number of carbonyl (C=O) groups is 1. The van der Waals surface area contributed by atoms with Crippen LogP contribution in [0.5, 0.6) is 5.75 Å². The molecule has 2 aromatic carbocycles. The molecule has 1 atom stereocenters. The molecule has 2 rings (SSSR count). The zero-order chi connectivity index (χ0) is 15.2. The fourth-order valence-corrected chi connectivity index (χ4v) is 2.15. The molecular formula is C17H17ClO3. The van der Waals surface area contributed by atoms with Crippen LogP contribution in [0.1, 0.15) is 30.4 Å². The lowest BCUT2D eigenvalue weighted by Crippen LogP contribution is -2.02. The van der Waals surface area contributed by atoms with Crippen LogP contribution in [0.3, 0.4) is 0 Å². The van der Waals surface area contributed by atoms with E-state index in [-0.39, 0.29) is 12.3 Å². The molecule has 0 radical (unpaired) electrons. The van der Waals surface area contributed by atoms with Crippen molar-refractivity contribution in [2.45, 2.75) is 25.9 Å². The van der Waals surface area contributed by atoms with Gasteiger partial charge in [0.25, 0.3) is 0 Å². The predicted octanol–water partition coefficient (Wildman–Crippen LogP) is 4.50. The van der Waals surface area contributed by atoms with Gasteiger partial charge in [-0.05, 0) is 41.3 Å². The Kier molecular flexibility index (Phi) is 5.23. The van der Waals surface area contributed by atoms with Crippen LogP contribution in [0.25, 0.3) is 0 Å². The third-order valence-corrected chi connectivity index (χ3v) is 3.50. The number of aliphatic carboxylic acids is 1. The lowest BCUT2D eigenvalue weighted by atomic mass is 9.98. The molecule has 110 valence electrons. The maximum Gasteiger partial charge on any atom is 0.303 e. The van der Waals surface area contributed by atoms with Crippen molar-refractivity contribution in [1.29, 1.82) is 0 Å². The van der Waals surface area contributed by atoms with E-state index in [2.05, 4.69) is 0 Å². The number of halogens is 1. The lowest BCUT2D eigenvalue weighted by Gasteiger charge is -2.11. The second kappa shape index (κ2) is 7.14. The smallest absolute Gasteiger partial charge is 0.303 e. The van der Waals surface area contributed by atoms with Crippen LogP contribution in [-0.4, -0.2) is 11.1 Å². The van der Waals surface area contributed by atoms with Gasteiger partial charge in [0.2, 0.25) is 0 Å². The van der Waals surface area contributed by atoms with Gasteiger partial charge >= 0.3 is 5.97 Å². The second-order valence-electron chi connectivity index (χ2n) is 4.98. The van der Waals surface area contributed by atoms with Gasteiger partial charge in [0.15, 0.2) is 0 Å². The zero-order valence-electron chi connectivity index (χ0n) is 11.8. The van der Waals surface area contributed by atoms with Crippen LogP contribution in [0.2, 0.25) is 5.02 Å². The van der Waals surface area contributed by atoms with Crippen molar-refractivity contribution in [1.82, 2.24) is 0 Å². The Morgan fingerprint density at radius 3 is 2.33 bits per heavy atom. The molecule has 21 heavy (non-hydrogen) atoms. The third-order valence-electron chi connectivity index (χ3n) is 3.25. The van der Waals surface area contributed by atoms with E-state index in [1.165, 1.54) is 0 Å². The lowest BCUT2D eigenvalue weighted by molar-refractivity contribution is -0.137. The van der Waals surface area contributed by atoms with E-state index in [9.17, 15) is 4.79 Å². The van der Waals surface area contributed by atoms with Crippen LogP contribution >= 0.6 is 11.6 Å². The molecule has 1 N–H and O–H groups in total. The summed E-state index contributed by atoms with van der Waals surface area (Å²) in [7, 11) is 0. The van der Waals surface area contributed by atoms with Gasteiger partial charge in [-0.25, -0.2) is 0 Å². The summed E-state index contributed by atoms with van der Waals surface area (Å²) in [5.41, 5.74) is 2.04. The van der Waals surface area contributed by atoms with E-state index in [1.54, 1.807) is 0 Å².